The summed E-state index contributed by atoms with van der Waals surface area (Å²) in [7, 11) is 0. The SMILES string of the molecule is Cc1ccc2c(ccn2C2CCNCC2)c1. The number of aromatic nitrogens is 1. The Labute approximate surface area is 96.3 Å². The molecule has 0 amide bonds. The van der Waals surface area contributed by atoms with Gasteiger partial charge in [0.15, 0.2) is 0 Å². The van der Waals surface area contributed by atoms with Crippen LogP contribution in [0.5, 0.6) is 0 Å². The fourth-order valence-corrected chi connectivity index (χ4v) is 2.69. The Kier molecular flexibility index (Phi) is 2.44. The maximum absolute atomic E-state index is 3.42. The molecule has 0 saturated carbocycles. The Hall–Kier alpha value is -1.28. The maximum Gasteiger partial charge on any atom is 0.0483 e. The molecule has 0 spiro atoms. The Bertz CT molecular complexity index is 492. The molecule has 1 aliphatic rings. The predicted octanol–water partition coefficient (Wildman–Crippen LogP) is 2.87. The van der Waals surface area contributed by atoms with Gasteiger partial charge in [0.05, 0.1) is 0 Å². The van der Waals surface area contributed by atoms with E-state index in [-0.39, 0.29) is 0 Å². The first-order valence-electron chi connectivity index (χ1n) is 6.12. The van der Waals surface area contributed by atoms with Gasteiger partial charge in [-0.05, 0) is 56.4 Å². The van der Waals surface area contributed by atoms with Crippen LogP contribution in [-0.2, 0) is 0 Å². The third kappa shape index (κ3) is 1.63. The number of hydrogen-bond acceptors (Lipinski definition) is 1. The predicted molar refractivity (Wildman–Crippen MR) is 67.8 cm³/mol. The highest BCUT2D eigenvalue weighted by Crippen LogP contribution is 2.26. The molecule has 0 radical (unpaired) electrons. The van der Waals surface area contributed by atoms with E-state index in [1.807, 2.05) is 0 Å². The molecule has 3 rings (SSSR count). The van der Waals surface area contributed by atoms with Crippen molar-refractivity contribution in [2.24, 2.45) is 0 Å². The highest BCUT2D eigenvalue weighted by Gasteiger charge is 2.15. The van der Waals surface area contributed by atoms with E-state index < -0.39 is 0 Å². The van der Waals surface area contributed by atoms with Crippen molar-refractivity contribution >= 4 is 10.9 Å². The minimum Gasteiger partial charge on any atom is -0.344 e. The monoisotopic (exact) mass is 214 g/mol. The summed E-state index contributed by atoms with van der Waals surface area (Å²) in [5, 5.41) is 4.79. The lowest BCUT2D eigenvalue weighted by Crippen LogP contribution is -2.29. The normalized spacial score (nSPS) is 18.1. The molecular formula is C14H18N2. The van der Waals surface area contributed by atoms with Gasteiger partial charge in [0.1, 0.15) is 0 Å². The van der Waals surface area contributed by atoms with Crippen LogP contribution in [-0.4, -0.2) is 17.7 Å². The van der Waals surface area contributed by atoms with E-state index in [0.717, 1.165) is 13.1 Å². The first kappa shape index (κ1) is 9.91. The van der Waals surface area contributed by atoms with E-state index in [1.54, 1.807) is 0 Å². The fraction of sp³-hybridized carbons (Fsp3) is 0.429. The van der Waals surface area contributed by atoms with Crippen molar-refractivity contribution in [1.82, 2.24) is 9.88 Å². The molecule has 0 atom stereocenters. The highest BCUT2D eigenvalue weighted by atomic mass is 15.0. The van der Waals surface area contributed by atoms with Crippen molar-refractivity contribution in [1.29, 1.82) is 0 Å². The molecule has 1 fully saturated rings. The number of fused-ring (bicyclic) bond motifs is 1. The topological polar surface area (TPSA) is 17.0 Å². The summed E-state index contributed by atoms with van der Waals surface area (Å²) in [5.74, 6) is 0. The van der Waals surface area contributed by atoms with E-state index in [9.17, 15) is 0 Å². The van der Waals surface area contributed by atoms with E-state index in [2.05, 4.69) is 47.3 Å². The summed E-state index contributed by atoms with van der Waals surface area (Å²) in [4.78, 5) is 0. The van der Waals surface area contributed by atoms with Crippen LogP contribution in [0.2, 0.25) is 0 Å². The minimum atomic E-state index is 0.682. The van der Waals surface area contributed by atoms with Crippen molar-refractivity contribution in [2.75, 3.05) is 13.1 Å². The molecule has 2 nitrogen and oxygen atoms in total. The number of nitrogens with zero attached hydrogens (tertiary/aromatic N) is 1. The smallest absolute Gasteiger partial charge is 0.0483 e. The molecule has 0 aliphatic carbocycles. The van der Waals surface area contributed by atoms with Crippen molar-refractivity contribution in [2.45, 2.75) is 25.8 Å². The lowest BCUT2D eigenvalue weighted by Gasteiger charge is -2.25. The van der Waals surface area contributed by atoms with Crippen LogP contribution in [0.3, 0.4) is 0 Å². The number of aryl methyl sites for hydroxylation is 1. The zero-order chi connectivity index (χ0) is 11.0. The second-order valence-electron chi connectivity index (χ2n) is 4.77. The molecule has 0 bridgehead atoms. The summed E-state index contributed by atoms with van der Waals surface area (Å²) in [6.45, 7) is 4.45. The maximum atomic E-state index is 3.42. The molecule has 2 aromatic rings. The number of nitrogens with one attached hydrogen (secondary N) is 1. The van der Waals surface area contributed by atoms with Gasteiger partial charge >= 0.3 is 0 Å². The molecule has 16 heavy (non-hydrogen) atoms. The first-order chi connectivity index (χ1) is 7.84. The van der Waals surface area contributed by atoms with Gasteiger partial charge in [-0.15, -0.1) is 0 Å². The molecule has 1 aromatic carbocycles. The lowest BCUT2D eigenvalue weighted by atomic mass is 10.1. The van der Waals surface area contributed by atoms with Gasteiger partial charge in [0.2, 0.25) is 0 Å². The fourth-order valence-electron chi connectivity index (χ4n) is 2.69. The van der Waals surface area contributed by atoms with Gasteiger partial charge < -0.3 is 9.88 Å². The molecule has 0 unspecified atom stereocenters. The molecule has 1 N–H and O–H groups in total. The second kappa shape index (κ2) is 3.95. The van der Waals surface area contributed by atoms with Gasteiger partial charge in [-0.2, -0.15) is 0 Å². The summed E-state index contributed by atoms with van der Waals surface area (Å²) < 4.78 is 2.45. The van der Waals surface area contributed by atoms with Gasteiger partial charge in [-0.1, -0.05) is 11.6 Å². The van der Waals surface area contributed by atoms with E-state index in [0.29, 0.717) is 6.04 Å². The Morgan fingerprint density at radius 3 is 2.81 bits per heavy atom. The lowest BCUT2D eigenvalue weighted by molar-refractivity contribution is 0.376. The first-order valence-corrected chi connectivity index (χ1v) is 6.12. The van der Waals surface area contributed by atoms with Gasteiger partial charge in [-0.3, -0.25) is 0 Å². The summed E-state index contributed by atoms with van der Waals surface area (Å²) in [5.41, 5.74) is 2.73. The van der Waals surface area contributed by atoms with Crippen LogP contribution in [0.4, 0.5) is 0 Å². The van der Waals surface area contributed by atoms with E-state index in [1.165, 1.54) is 29.3 Å². The third-order valence-electron chi connectivity index (χ3n) is 3.58. The molecular weight excluding hydrogens is 196 g/mol. The van der Waals surface area contributed by atoms with Gasteiger partial charge in [0.25, 0.3) is 0 Å². The average Bonchev–Trinajstić information content (AvgIpc) is 2.73. The van der Waals surface area contributed by atoms with Crippen LogP contribution in [0.25, 0.3) is 10.9 Å². The third-order valence-corrected chi connectivity index (χ3v) is 3.58. The Morgan fingerprint density at radius 1 is 1.19 bits per heavy atom. The van der Waals surface area contributed by atoms with Crippen LogP contribution in [0, 0.1) is 6.92 Å². The standard InChI is InChI=1S/C14H18N2/c1-11-2-3-14-12(10-11)6-9-16(14)13-4-7-15-8-5-13/h2-3,6,9-10,13,15H,4-5,7-8H2,1H3. The minimum absolute atomic E-state index is 0.682. The molecule has 1 saturated heterocycles. The summed E-state index contributed by atoms with van der Waals surface area (Å²) in [6.07, 6.45) is 4.75. The highest BCUT2D eigenvalue weighted by molar-refractivity contribution is 5.81. The van der Waals surface area contributed by atoms with Crippen molar-refractivity contribution in [3.8, 4) is 0 Å². The number of benzene rings is 1. The second-order valence-corrected chi connectivity index (χ2v) is 4.77. The van der Waals surface area contributed by atoms with Crippen molar-refractivity contribution in [3.05, 3.63) is 36.0 Å². The quantitative estimate of drug-likeness (QED) is 0.772. The zero-order valence-electron chi connectivity index (χ0n) is 9.74. The molecule has 2 heterocycles. The van der Waals surface area contributed by atoms with E-state index in [4.69, 9.17) is 0 Å². The van der Waals surface area contributed by atoms with Crippen molar-refractivity contribution in [3.63, 3.8) is 0 Å². The largest absolute Gasteiger partial charge is 0.344 e. The summed E-state index contributed by atoms with van der Waals surface area (Å²) in [6, 6.07) is 9.66. The number of hydrogen-bond donors (Lipinski definition) is 1. The molecule has 1 aliphatic heterocycles. The molecule has 1 aromatic heterocycles. The zero-order valence-corrected chi connectivity index (χ0v) is 9.74. The Balaban J connectivity index is 2.03. The average molecular weight is 214 g/mol. The van der Waals surface area contributed by atoms with Gasteiger partial charge in [0, 0.05) is 17.8 Å². The van der Waals surface area contributed by atoms with Gasteiger partial charge in [-0.25, -0.2) is 0 Å². The van der Waals surface area contributed by atoms with Crippen LogP contribution in [0.1, 0.15) is 24.4 Å². The number of piperidine rings is 1. The summed E-state index contributed by atoms with van der Waals surface area (Å²) >= 11 is 0. The van der Waals surface area contributed by atoms with Crippen molar-refractivity contribution < 1.29 is 0 Å². The van der Waals surface area contributed by atoms with Crippen LogP contribution >= 0.6 is 0 Å². The Morgan fingerprint density at radius 2 is 2.00 bits per heavy atom. The van der Waals surface area contributed by atoms with Crippen LogP contribution in [0.15, 0.2) is 30.5 Å². The van der Waals surface area contributed by atoms with Crippen LogP contribution < -0.4 is 5.32 Å². The molecule has 84 valence electrons. The van der Waals surface area contributed by atoms with E-state index >= 15 is 0 Å². The number of rotatable bonds is 1. The molecule has 2 heteroatoms.